The Morgan fingerprint density at radius 3 is 2.15 bits per heavy atom. The van der Waals surface area contributed by atoms with Crippen molar-refractivity contribution in [3.05, 3.63) is 46.9 Å². The van der Waals surface area contributed by atoms with E-state index in [9.17, 15) is 0 Å². The van der Waals surface area contributed by atoms with Gasteiger partial charge in [-0.15, -0.1) is 0 Å². The fourth-order valence-corrected chi connectivity index (χ4v) is 1.54. The molecule has 0 nitrogen and oxygen atoms in total. The third-order valence-electron chi connectivity index (χ3n) is 1.71. The molecule has 0 amide bonds. The number of benzene rings is 2. The lowest BCUT2D eigenvalue weighted by molar-refractivity contribution is 1.50. The average Bonchev–Trinajstić information content (AvgIpc) is 2.21. The normalized spacial score (nSPS) is 9.15. The molecule has 0 spiro atoms. The van der Waals surface area contributed by atoms with Crippen LogP contribution >= 0.6 is 15.9 Å². The Hall–Kier alpha value is -0.820. The van der Waals surface area contributed by atoms with Crippen molar-refractivity contribution in [2.24, 2.45) is 0 Å². The van der Waals surface area contributed by atoms with Crippen LogP contribution in [0, 0.1) is 0 Å². The van der Waals surface area contributed by atoms with E-state index in [-0.39, 0.29) is 0 Å². The molecular weight excluding hydrogens is 224 g/mol. The van der Waals surface area contributed by atoms with Crippen LogP contribution in [0.5, 0.6) is 0 Å². The van der Waals surface area contributed by atoms with Gasteiger partial charge in [0.05, 0.1) is 0 Å². The minimum absolute atomic E-state index is 1.14. The van der Waals surface area contributed by atoms with Gasteiger partial charge in [-0.2, -0.15) is 0 Å². The van der Waals surface area contributed by atoms with Crippen LogP contribution < -0.4 is 0 Å². The van der Waals surface area contributed by atoms with E-state index in [0.29, 0.717) is 0 Å². The first-order chi connectivity index (χ1) is 6.36. The van der Waals surface area contributed by atoms with Crippen LogP contribution in [0.25, 0.3) is 10.8 Å². The van der Waals surface area contributed by atoms with Crippen LogP contribution in [0.2, 0.25) is 0 Å². The molecule has 0 heterocycles. The van der Waals surface area contributed by atoms with Gasteiger partial charge in [-0.1, -0.05) is 60.1 Å². The molecule has 1 heteroatoms. The Morgan fingerprint density at radius 2 is 1.46 bits per heavy atom. The van der Waals surface area contributed by atoms with Gasteiger partial charge in [-0.3, -0.25) is 0 Å². The molecule has 0 atom stereocenters. The Balaban J connectivity index is 0.000000396. The van der Waals surface area contributed by atoms with Crippen molar-refractivity contribution in [1.82, 2.24) is 0 Å². The van der Waals surface area contributed by atoms with E-state index in [0.717, 1.165) is 4.47 Å². The Kier molecular flexibility index (Phi) is 3.97. The van der Waals surface area contributed by atoms with Crippen LogP contribution in [0.15, 0.2) is 46.9 Å². The maximum Gasteiger partial charge on any atom is 0.0181 e. The Bertz CT molecular complexity index is 380. The second kappa shape index (κ2) is 5.03. The Labute approximate surface area is 87.7 Å². The summed E-state index contributed by atoms with van der Waals surface area (Å²) in [4.78, 5) is 0. The minimum atomic E-state index is 1.14. The fourth-order valence-electron chi connectivity index (χ4n) is 1.16. The van der Waals surface area contributed by atoms with Gasteiger partial charge in [0.15, 0.2) is 0 Å². The zero-order valence-corrected chi connectivity index (χ0v) is 9.51. The van der Waals surface area contributed by atoms with Crippen molar-refractivity contribution in [2.45, 2.75) is 13.8 Å². The molecule has 0 aliphatic rings. The van der Waals surface area contributed by atoms with Gasteiger partial charge < -0.3 is 0 Å². The summed E-state index contributed by atoms with van der Waals surface area (Å²) < 4.78 is 1.14. The van der Waals surface area contributed by atoms with E-state index in [4.69, 9.17) is 0 Å². The summed E-state index contributed by atoms with van der Waals surface area (Å²) in [7, 11) is 0. The molecule has 0 N–H and O–H groups in total. The third kappa shape index (κ3) is 2.56. The summed E-state index contributed by atoms with van der Waals surface area (Å²) in [5.41, 5.74) is 0. The molecule has 0 aromatic heterocycles. The van der Waals surface area contributed by atoms with E-state index >= 15 is 0 Å². The lowest BCUT2D eigenvalue weighted by Crippen LogP contribution is -1.69. The zero-order valence-electron chi connectivity index (χ0n) is 7.92. The zero-order chi connectivity index (χ0) is 9.68. The molecular formula is C12H13Br. The quantitative estimate of drug-likeness (QED) is 0.626. The number of rotatable bonds is 0. The van der Waals surface area contributed by atoms with E-state index in [1.807, 2.05) is 13.8 Å². The first-order valence-electron chi connectivity index (χ1n) is 4.50. The lowest BCUT2D eigenvalue weighted by atomic mass is 10.1. The molecule has 0 aliphatic carbocycles. The summed E-state index contributed by atoms with van der Waals surface area (Å²) >= 11 is 3.43. The van der Waals surface area contributed by atoms with Crippen molar-refractivity contribution in [1.29, 1.82) is 0 Å². The van der Waals surface area contributed by atoms with Gasteiger partial charge >= 0.3 is 0 Å². The van der Waals surface area contributed by atoms with E-state index < -0.39 is 0 Å². The molecule has 2 aromatic rings. The highest BCUT2D eigenvalue weighted by atomic mass is 79.9. The molecule has 0 aliphatic heterocycles. The standard InChI is InChI=1S/C10H7Br.C2H6/c11-10-6-5-8-3-1-2-4-9(8)7-10;1-2/h1-7H;1-2H3. The smallest absolute Gasteiger partial charge is 0.0181 e. The van der Waals surface area contributed by atoms with Crippen molar-refractivity contribution < 1.29 is 0 Å². The second-order valence-electron chi connectivity index (χ2n) is 2.49. The number of fused-ring (bicyclic) bond motifs is 1. The number of hydrogen-bond acceptors (Lipinski definition) is 0. The molecule has 0 unspecified atom stereocenters. The molecule has 0 radical (unpaired) electrons. The highest BCUT2D eigenvalue weighted by molar-refractivity contribution is 9.10. The average molecular weight is 237 g/mol. The van der Waals surface area contributed by atoms with Crippen LogP contribution in [0.1, 0.15) is 13.8 Å². The molecule has 13 heavy (non-hydrogen) atoms. The minimum Gasteiger partial charge on any atom is -0.0683 e. The molecule has 2 rings (SSSR count). The highest BCUT2D eigenvalue weighted by Gasteiger charge is 1.90. The van der Waals surface area contributed by atoms with E-state index in [2.05, 4.69) is 58.4 Å². The van der Waals surface area contributed by atoms with Gasteiger partial charge in [-0.25, -0.2) is 0 Å². The molecule has 0 bridgehead atoms. The van der Waals surface area contributed by atoms with Gasteiger partial charge in [-0.05, 0) is 22.9 Å². The van der Waals surface area contributed by atoms with Gasteiger partial charge in [0.1, 0.15) is 0 Å². The number of halogens is 1. The van der Waals surface area contributed by atoms with Crippen molar-refractivity contribution >= 4 is 26.7 Å². The predicted octanol–water partition coefficient (Wildman–Crippen LogP) is 4.63. The summed E-state index contributed by atoms with van der Waals surface area (Å²) in [5, 5.41) is 2.57. The Morgan fingerprint density at radius 1 is 0.846 bits per heavy atom. The lowest BCUT2D eigenvalue weighted by Gasteiger charge is -1.95. The maximum absolute atomic E-state index is 3.43. The van der Waals surface area contributed by atoms with E-state index in [1.165, 1.54) is 10.8 Å². The summed E-state index contributed by atoms with van der Waals surface area (Å²) in [6.07, 6.45) is 0. The summed E-state index contributed by atoms with van der Waals surface area (Å²) in [6.45, 7) is 4.00. The first kappa shape index (κ1) is 10.3. The molecule has 2 aromatic carbocycles. The summed E-state index contributed by atoms with van der Waals surface area (Å²) in [5.74, 6) is 0. The van der Waals surface area contributed by atoms with Gasteiger partial charge in [0, 0.05) is 4.47 Å². The number of hydrogen-bond donors (Lipinski definition) is 0. The topological polar surface area (TPSA) is 0 Å². The second-order valence-corrected chi connectivity index (χ2v) is 3.41. The molecule has 0 fully saturated rings. The molecule has 68 valence electrons. The predicted molar refractivity (Wildman–Crippen MR) is 63.0 cm³/mol. The van der Waals surface area contributed by atoms with Crippen molar-refractivity contribution in [3.8, 4) is 0 Å². The van der Waals surface area contributed by atoms with Crippen molar-refractivity contribution in [2.75, 3.05) is 0 Å². The fraction of sp³-hybridized carbons (Fsp3) is 0.167. The van der Waals surface area contributed by atoms with E-state index in [1.54, 1.807) is 0 Å². The highest BCUT2D eigenvalue weighted by Crippen LogP contribution is 2.18. The van der Waals surface area contributed by atoms with Crippen molar-refractivity contribution in [3.63, 3.8) is 0 Å². The molecule has 0 saturated heterocycles. The maximum atomic E-state index is 3.43. The SMILES string of the molecule is Brc1ccc2ccccc2c1.CC. The van der Waals surface area contributed by atoms with Crippen LogP contribution in [0.4, 0.5) is 0 Å². The van der Waals surface area contributed by atoms with Crippen LogP contribution in [-0.4, -0.2) is 0 Å². The van der Waals surface area contributed by atoms with Gasteiger partial charge in [0.2, 0.25) is 0 Å². The summed E-state index contributed by atoms with van der Waals surface area (Å²) in [6, 6.07) is 14.6. The first-order valence-corrected chi connectivity index (χ1v) is 5.30. The third-order valence-corrected chi connectivity index (χ3v) is 2.20. The largest absolute Gasteiger partial charge is 0.0683 e. The van der Waals surface area contributed by atoms with Crippen LogP contribution in [-0.2, 0) is 0 Å². The van der Waals surface area contributed by atoms with Gasteiger partial charge in [0.25, 0.3) is 0 Å². The molecule has 0 saturated carbocycles. The monoisotopic (exact) mass is 236 g/mol. The van der Waals surface area contributed by atoms with Crippen LogP contribution in [0.3, 0.4) is 0 Å².